The fraction of sp³-hybridized carbons (Fsp3) is 0.909. The molecule has 4 heteroatoms. The molecule has 0 aromatic carbocycles. The van der Waals surface area contributed by atoms with Gasteiger partial charge in [-0.1, -0.05) is 20.3 Å². The molecule has 0 aliphatic rings. The number of ether oxygens (including phenoxy) is 1. The summed E-state index contributed by atoms with van der Waals surface area (Å²) in [5.74, 6) is -0.0896. The maximum atomic E-state index is 11.8. The van der Waals surface area contributed by atoms with E-state index in [4.69, 9.17) is 10.5 Å². The summed E-state index contributed by atoms with van der Waals surface area (Å²) in [6, 6.07) is 0.0576. The third-order valence-electron chi connectivity index (χ3n) is 2.48. The second-order valence-electron chi connectivity index (χ2n) is 4.20. The summed E-state index contributed by atoms with van der Waals surface area (Å²) < 4.78 is 5.01. The van der Waals surface area contributed by atoms with Gasteiger partial charge in [0.2, 0.25) is 5.91 Å². The maximum absolute atomic E-state index is 11.8. The summed E-state index contributed by atoms with van der Waals surface area (Å²) in [5, 5.41) is 2.90. The zero-order valence-corrected chi connectivity index (χ0v) is 10.3. The van der Waals surface area contributed by atoms with Gasteiger partial charge in [-0.05, 0) is 19.8 Å². The Morgan fingerprint density at radius 2 is 2.13 bits per heavy atom. The van der Waals surface area contributed by atoms with Crippen LogP contribution in [0.2, 0.25) is 0 Å². The predicted octanol–water partition coefficient (Wildman–Crippen LogP) is 1.05. The van der Waals surface area contributed by atoms with Crippen LogP contribution in [0.3, 0.4) is 0 Å². The SMILES string of the molecule is CCCC(C)(N)C(=O)NC(CC)COC. The lowest BCUT2D eigenvalue weighted by molar-refractivity contribution is -0.127. The van der Waals surface area contributed by atoms with Crippen LogP contribution in [0, 0.1) is 0 Å². The largest absolute Gasteiger partial charge is 0.383 e. The van der Waals surface area contributed by atoms with Gasteiger partial charge >= 0.3 is 0 Å². The molecule has 0 aliphatic heterocycles. The first-order valence-corrected chi connectivity index (χ1v) is 5.56. The van der Waals surface area contributed by atoms with E-state index < -0.39 is 5.54 Å². The molecule has 0 fully saturated rings. The van der Waals surface area contributed by atoms with E-state index >= 15 is 0 Å². The quantitative estimate of drug-likeness (QED) is 0.668. The van der Waals surface area contributed by atoms with Gasteiger partial charge in [-0.25, -0.2) is 0 Å². The van der Waals surface area contributed by atoms with Gasteiger partial charge in [0, 0.05) is 7.11 Å². The first-order valence-electron chi connectivity index (χ1n) is 5.56. The van der Waals surface area contributed by atoms with Crippen molar-refractivity contribution in [1.29, 1.82) is 0 Å². The minimum absolute atomic E-state index is 0.0576. The molecule has 2 atom stereocenters. The van der Waals surface area contributed by atoms with Gasteiger partial charge < -0.3 is 15.8 Å². The molecule has 0 heterocycles. The highest BCUT2D eigenvalue weighted by atomic mass is 16.5. The number of carbonyl (C=O) groups is 1. The van der Waals surface area contributed by atoms with E-state index in [1.165, 1.54) is 0 Å². The molecule has 0 aromatic rings. The molecule has 0 rings (SSSR count). The Morgan fingerprint density at radius 3 is 2.53 bits per heavy atom. The highest BCUT2D eigenvalue weighted by molar-refractivity contribution is 5.85. The smallest absolute Gasteiger partial charge is 0.240 e. The highest BCUT2D eigenvalue weighted by Crippen LogP contribution is 2.09. The third-order valence-corrected chi connectivity index (χ3v) is 2.48. The molecular formula is C11H24N2O2. The Labute approximate surface area is 92.6 Å². The van der Waals surface area contributed by atoms with Crippen molar-refractivity contribution in [3.63, 3.8) is 0 Å². The van der Waals surface area contributed by atoms with E-state index in [2.05, 4.69) is 5.32 Å². The van der Waals surface area contributed by atoms with Crippen LogP contribution in [0.15, 0.2) is 0 Å². The van der Waals surface area contributed by atoms with Crippen LogP contribution in [-0.2, 0) is 9.53 Å². The molecule has 0 radical (unpaired) electrons. The molecule has 90 valence electrons. The summed E-state index contributed by atoms with van der Waals surface area (Å²) >= 11 is 0. The van der Waals surface area contributed by atoms with Crippen LogP contribution in [0.1, 0.15) is 40.0 Å². The zero-order chi connectivity index (χ0) is 11.9. The third kappa shape index (κ3) is 5.14. The molecule has 0 aliphatic carbocycles. The van der Waals surface area contributed by atoms with Crippen molar-refractivity contribution in [2.24, 2.45) is 5.73 Å². The van der Waals surface area contributed by atoms with E-state index in [0.717, 1.165) is 12.8 Å². The minimum atomic E-state index is -0.768. The average molecular weight is 216 g/mol. The molecule has 1 amide bonds. The lowest BCUT2D eigenvalue weighted by Gasteiger charge is -2.26. The first kappa shape index (κ1) is 14.4. The number of nitrogens with two attached hydrogens (primary N) is 1. The Balaban J connectivity index is 4.20. The average Bonchev–Trinajstić information content (AvgIpc) is 2.16. The van der Waals surface area contributed by atoms with Crippen molar-refractivity contribution in [3.8, 4) is 0 Å². The monoisotopic (exact) mass is 216 g/mol. The first-order chi connectivity index (χ1) is 6.97. The normalized spacial score (nSPS) is 16.9. The number of rotatable bonds is 7. The van der Waals surface area contributed by atoms with E-state index in [1.54, 1.807) is 14.0 Å². The zero-order valence-electron chi connectivity index (χ0n) is 10.3. The van der Waals surface area contributed by atoms with E-state index in [-0.39, 0.29) is 11.9 Å². The fourth-order valence-corrected chi connectivity index (χ4v) is 1.45. The van der Waals surface area contributed by atoms with Crippen molar-refractivity contribution in [1.82, 2.24) is 5.32 Å². The standard InChI is InChI=1S/C11H24N2O2/c1-5-7-11(3,12)10(14)13-9(6-2)8-15-4/h9H,5-8,12H2,1-4H3,(H,13,14). The Hall–Kier alpha value is -0.610. The van der Waals surface area contributed by atoms with E-state index in [0.29, 0.717) is 13.0 Å². The molecule has 4 nitrogen and oxygen atoms in total. The van der Waals surface area contributed by atoms with Crippen LogP contribution in [0.25, 0.3) is 0 Å². The van der Waals surface area contributed by atoms with Gasteiger partial charge in [0.05, 0.1) is 18.2 Å². The number of nitrogens with one attached hydrogen (secondary N) is 1. The maximum Gasteiger partial charge on any atom is 0.240 e. The molecule has 0 bridgehead atoms. The molecule has 0 saturated heterocycles. The van der Waals surface area contributed by atoms with Crippen molar-refractivity contribution >= 4 is 5.91 Å². The van der Waals surface area contributed by atoms with Gasteiger partial charge in [-0.3, -0.25) is 4.79 Å². The second-order valence-corrected chi connectivity index (χ2v) is 4.20. The van der Waals surface area contributed by atoms with Crippen molar-refractivity contribution < 1.29 is 9.53 Å². The molecule has 15 heavy (non-hydrogen) atoms. The van der Waals surface area contributed by atoms with Crippen molar-refractivity contribution in [3.05, 3.63) is 0 Å². The fourth-order valence-electron chi connectivity index (χ4n) is 1.45. The van der Waals surface area contributed by atoms with Gasteiger partial charge in [-0.15, -0.1) is 0 Å². The molecular weight excluding hydrogens is 192 g/mol. The van der Waals surface area contributed by atoms with Crippen LogP contribution in [0.5, 0.6) is 0 Å². The molecule has 0 aromatic heterocycles. The van der Waals surface area contributed by atoms with Crippen molar-refractivity contribution in [2.45, 2.75) is 51.6 Å². The molecule has 0 saturated carbocycles. The Morgan fingerprint density at radius 1 is 1.53 bits per heavy atom. The highest BCUT2D eigenvalue weighted by Gasteiger charge is 2.28. The number of amides is 1. The minimum Gasteiger partial charge on any atom is -0.383 e. The van der Waals surface area contributed by atoms with Gasteiger partial charge in [-0.2, -0.15) is 0 Å². The number of carbonyl (C=O) groups excluding carboxylic acids is 1. The summed E-state index contributed by atoms with van der Waals surface area (Å²) in [4.78, 5) is 11.8. The Bertz CT molecular complexity index is 193. The van der Waals surface area contributed by atoms with E-state index in [9.17, 15) is 4.79 Å². The number of hydrogen-bond acceptors (Lipinski definition) is 3. The van der Waals surface area contributed by atoms with Gasteiger partial charge in [0.15, 0.2) is 0 Å². The Kier molecular flexibility index (Phi) is 6.52. The van der Waals surface area contributed by atoms with E-state index in [1.807, 2.05) is 13.8 Å². The molecule has 3 N–H and O–H groups in total. The molecule has 0 spiro atoms. The molecule has 2 unspecified atom stereocenters. The van der Waals surface area contributed by atoms with Gasteiger partial charge in [0.1, 0.15) is 0 Å². The van der Waals surface area contributed by atoms with Crippen LogP contribution < -0.4 is 11.1 Å². The lowest BCUT2D eigenvalue weighted by Crippen LogP contribution is -2.54. The lowest BCUT2D eigenvalue weighted by atomic mass is 9.96. The van der Waals surface area contributed by atoms with Gasteiger partial charge in [0.25, 0.3) is 0 Å². The summed E-state index contributed by atoms with van der Waals surface area (Å²) in [5.41, 5.74) is 5.15. The predicted molar refractivity (Wildman–Crippen MR) is 61.6 cm³/mol. The topological polar surface area (TPSA) is 64.4 Å². The summed E-state index contributed by atoms with van der Waals surface area (Å²) in [6.45, 7) is 6.33. The second kappa shape index (κ2) is 6.80. The van der Waals surface area contributed by atoms with Crippen molar-refractivity contribution in [2.75, 3.05) is 13.7 Å². The summed E-state index contributed by atoms with van der Waals surface area (Å²) in [7, 11) is 1.63. The van der Waals surface area contributed by atoms with Crippen LogP contribution in [0.4, 0.5) is 0 Å². The van der Waals surface area contributed by atoms with Crippen LogP contribution in [-0.4, -0.2) is 31.2 Å². The van der Waals surface area contributed by atoms with Crippen LogP contribution >= 0.6 is 0 Å². The number of methoxy groups -OCH3 is 1. The number of hydrogen-bond donors (Lipinski definition) is 2. The summed E-state index contributed by atoms with van der Waals surface area (Å²) in [6.07, 6.45) is 2.45.